The van der Waals surface area contributed by atoms with Crippen molar-refractivity contribution in [1.29, 1.82) is 0 Å². The molecule has 0 aliphatic carbocycles. The van der Waals surface area contributed by atoms with Crippen molar-refractivity contribution < 1.29 is 10.2 Å². The number of fused-ring (bicyclic) bond motifs is 3. The topological polar surface area (TPSA) is 45.4 Å². The molecule has 0 fully saturated rings. The number of hydrogen-bond acceptors (Lipinski definition) is 2. The highest BCUT2D eigenvalue weighted by Gasteiger charge is 2.18. The van der Waals surface area contributed by atoms with Gasteiger partial charge in [-0.2, -0.15) is 0 Å². The van der Waals surface area contributed by atoms with Crippen LogP contribution in [0.25, 0.3) is 32.9 Å². The number of phenolic OH excluding ortho intramolecular Hbond substituents is 2. The zero-order valence-electron chi connectivity index (χ0n) is 15.2. The fourth-order valence-corrected chi connectivity index (χ4v) is 4.05. The summed E-state index contributed by atoms with van der Waals surface area (Å²) in [5, 5.41) is 23.0. The van der Waals surface area contributed by atoms with Crippen LogP contribution in [0.5, 0.6) is 11.5 Å². The van der Waals surface area contributed by atoms with Crippen LogP contribution in [-0.2, 0) is 6.54 Å². The lowest BCUT2D eigenvalue weighted by atomic mass is 9.98. The summed E-state index contributed by atoms with van der Waals surface area (Å²) < 4.78 is 2.29. The van der Waals surface area contributed by atoms with Crippen LogP contribution < -0.4 is 0 Å². The van der Waals surface area contributed by atoms with Gasteiger partial charge in [0, 0.05) is 22.8 Å². The first-order valence-corrected chi connectivity index (χ1v) is 9.29. The Morgan fingerprint density at radius 1 is 0.607 bits per heavy atom. The third kappa shape index (κ3) is 2.52. The van der Waals surface area contributed by atoms with E-state index in [-0.39, 0.29) is 11.5 Å². The molecule has 0 aliphatic rings. The van der Waals surface area contributed by atoms with Gasteiger partial charge in [-0.05, 0) is 35.4 Å². The molecule has 0 atom stereocenters. The lowest BCUT2D eigenvalue weighted by Gasteiger charge is -2.10. The smallest absolute Gasteiger partial charge is 0.127 e. The third-order valence-corrected chi connectivity index (χ3v) is 5.27. The van der Waals surface area contributed by atoms with Gasteiger partial charge in [-0.15, -0.1) is 0 Å². The van der Waals surface area contributed by atoms with Crippen LogP contribution in [0.4, 0.5) is 0 Å². The lowest BCUT2D eigenvalue weighted by Crippen LogP contribution is -1.99. The molecule has 4 aromatic carbocycles. The van der Waals surface area contributed by atoms with Gasteiger partial charge in [-0.1, -0.05) is 66.7 Å². The van der Waals surface area contributed by atoms with E-state index in [4.69, 9.17) is 0 Å². The monoisotopic (exact) mass is 365 g/mol. The summed E-state index contributed by atoms with van der Waals surface area (Å²) in [4.78, 5) is 0. The van der Waals surface area contributed by atoms with Crippen LogP contribution in [-0.4, -0.2) is 14.8 Å². The molecule has 1 aromatic heterocycles. The molecule has 0 unspecified atom stereocenters. The van der Waals surface area contributed by atoms with Crippen LogP contribution in [0.2, 0.25) is 0 Å². The number of aromatic nitrogens is 1. The summed E-state index contributed by atoms with van der Waals surface area (Å²) in [5.74, 6) is 0.153. The molecular weight excluding hydrogens is 346 g/mol. The molecule has 0 amide bonds. The van der Waals surface area contributed by atoms with Crippen molar-refractivity contribution in [3.8, 4) is 22.6 Å². The maximum atomic E-state index is 10.5. The normalized spacial score (nSPS) is 11.3. The molecule has 3 nitrogen and oxygen atoms in total. The first-order chi connectivity index (χ1) is 13.7. The summed E-state index contributed by atoms with van der Waals surface area (Å²) >= 11 is 0. The van der Waals surface area contributed by atoms with E-state index in [1.165, 1.54) is 5.56 Å². The van der Waals surface area contributed by atoms with E-state index >= 15 is 0 Å². The number of phenols is 2. The quantitative estimate of drug-likeness (QED) is 0.417. The molecule has 0 radical (unpaired) electrons. The Kier molecular flexibility index (Phi) is 3.80. The average molecular weight is 365 g/mol. The van der Waals surface area contributed by atoms with Crippen LogP contribution in [0.15, 0.2) is 91.0 Å². The predicted molar refractivity (Wildman–Crippen MR) is 114 cm³/mol. The van der Waals surface area contributed by atoms with Crippen molar-refractivity contribution in [1.82, 2.24) is 4.57 Å². The number of benzene rings is 4. The first kappa shape index (κ1) is 16.5. The molecule has 0 bridgehead atoms. The van der Waals surface area contributed by atoms with Crippen molar-refractivity contribution in [3.63, 3.8) is 0 Å². The van der Waals surface area contributed by atoms with Gasteiger partial charge in [0.2, 0.25) is 0 Å². The maximum Gasteiger partial charge on any atom is 0.127 e. The molecule has 0 spiro atoms. The highest BCUT2D eigenvalue weighted by Crippen LogP contribution is 2.43. The summed E-state index contributed by atoms with van der Waals surface area (Å²) in [6, 6.07) is 29.5. The second kappa shape index (κ2) is 6.46. The largest absolute Gasteiger partial charge is 0.507 e. The SMILES string of the molecule is Oc1cccc(O)c1-c1cccc2c1c1ccccc1n2Cc1ccccc1. The van der Waals surface area contributed by atoms with E-state index < -0.39 is 0 Å². The maximum absolute atomic E-state index is 10.5. The van der Waals surface area contributed by atoms with Crippen molar-refractivity contribution in [2.75, 3.05) is 0 Å². The zero-order chi connectivity index (χ0) is 19.1. The van der Waals surface area contributed by atoms with Crippen LogP contribution in [0.3, 0.4) is 0 Å². The van der Waals surface area contributed by atoms with Crippen LogP contribution in [0.1, 0.15) is 5.56 Å². The second-order valence-electron chi connectivity index (χ2n) is 6.96. The van der Waals surface area contributed by atoms with Gasteiger partial charge in [0.05, 0.1) is 11.1 Å². The van der Waals surface area contributed by atoms with Gasteiger partial charge < -0.3 is 14.8 Å². The minimum absolute atomic E-state index is 0.0763. The molecule has 28 heavy (non-hydrogen) atoms. The van der Waals surface area contributed by atoms with Gasteiger partial charge in [0.25, 0.3) is 0 Å². The summed E-state index contributed by atoms with van der Waals surface area (Å²) in [7, 11) is 0. The molecule has 1 heterocycles. The van der Waals surface area contributed by atoms with Gasteiger partial charge in [-0.25, -0.2) is 0 Å². The average Bonchev–Trinajstić information content (AvgIpc) is 3.03. The molecule has 5 aromatic rings. The Bertz CT molecular complexity index is 1280. The Hall–Kier alpha value is -3.72. The molecule has 136 valence electrons. The van der Waals surface area contributed by atoms with E-state index in [0.717, 1.165) is 33.9 Å². The molecular formula is C25H19NO2. The molecule has 0 aliphatic heterocycles. The molecule has 3 heteroatoms. The number of para-hydroxylation sites is 1. The van der Waals surface area contributed by atoms with Gasteiger partial charge in [-0.3, -0.25) is 0 Å². The van der Waals surface area contributed by atoms with Crippen LogP contribution in [0, 0.1) is 0 Å². The van der Waals surface area contributed by atoms with Gasteiger partial charge >= 0.3 is 0 Å². The number of aromatic hydroxyl groups is 2. The van der Waals surface area contributed by atoms with E-state index in [0.29, 0.717) is 5.56 Å². The van der Waals surface area contributed by atoms with E-state index in [1.54, 1.807) is 18.2 Å². The summed E-state index contributed by atoms with van der Waals surface area (Å²) in [6.07, 6.45) is 0. The standard InChI is InChI=1S/C25H19NO2/c27-22-14-7-15-23(28)25(22)19-11-6-13-21-24(19)18-10-4-5-12-20(18)26(21)16-17-8-2-1-3-9-17/h1-15,27-28H,16H2. The number of nitrogens with zero attached hydrogens (tertiary/aromatic N) is 1. The van der Waals surface area contributed by atoms with E-state index in [1.807, 2.05) is 30.3 Å². The molecule has 2 N–H and O–H groups in total. The van der Waals surface area contributed by atoms with Crippen LogP contribution >= 0.6 is 0 Å². The highest BCUT2D eigenvalue weighted by atomic mass is 16.3. The zero-order valence-corrected chi connectivity index (χ0v) is 15.2. The van der Waals surface area contributed by atoms with E-state index in [9.17, 15) is 10.2 Å². The van der Waals surface area contributed by atoms with Gasteiger partial charge in [0.15, 0.2) is 0 Å². The first-order valence-electron chi connectivity index (χ1n) is 9.29. The fraction of sp³-hybridized carbons (Fsp3) is 0.0400. The summed E-state index contributed by atoms with van der Waals surface area (Å²) in [5.41, 5.74) is 4.72. The Morgan fingerprint density at radius 3 is 2.04 bits per heavy atom. The Labute approximate surface area is 162 Å². The van der Waals surface area contributed by atoms with Crippen molar-refractivity contribution in [2.45, 2.75) is 6.54 Å². The molecule has 0 saturated carbocycles. The number of rotatable bonds is 3. The summed E-state index contributed by atoms with van der Waals surface area (Å²) in [6.45, 7) is 0.751. The van der Waals surface area contributed by atoms with Crippen molar-refractivity contribution in [2.24, 2.45) is 0 Å². The van der Waals surface area contributed by atoms with Crippen molar-refractivity contribution >= 4 is 21.8 Å². The molecule has 0 saturated heterocycles. The Balaban J connectivity index is 1.86. The minimum atomic E-state index is 0.0763. The lowest BCUT2D eigenvalue weighted by molar-refractivity contribution is 0.454. The van der Waals surface area contributed by atoms with Gasteiger partial charge in [0.1, 0.15) is 11.5 Å². The third-order valence-electron chi connectivity index (χ3n) is 5.27. The molecule has 5 rings (SSSR count). The fourth-order valence-electron chi connectivity index (χ4n) is 4.05. The number of hydrogen-bond donors (Lipinski definition) is 2. The minimum Gasteiger partial charge on any atom is -0.507 e. The van der Waals surface area contributed by atoms with Crippen molar-refractivity contribution in [3.05, 3.63) is 96.6 Å². The van der Waals surface area contributed by atoms with E-state index in [2.05, 4.69) is 47.0 Å². The second-order valence-corrected chi connectivity index (χ2v) is 6.96. The highest BCUT2D eigenvalue weighted by molar-refractivity contribution is 6.15. The predicted octanol–water partition coefficient (Wildman–Crippen LogP) is 5.92. The Morgan fingerprint density at radius 2 is 1.25 bits per heavy atom.